The molecule has 0 fully saturated rings. The average molecular weight is 316 g/mol. The van der Waals surface area contributed by atoms with Gasteiger partial charge in [-0.15, -0.1) is 0 Å². The van der Waals surface area contributed by atoms with E-state index in [9.17, 15) is 4.79 Å². The lowest BCUT2D eigenvalue weighted by molar-refractivity contribution is 0.103. The van der Waals surface area contributed by atoms with E-state index in [0.29, 0.717) is 28.4 Å². The molecule has 2 aromatic rings. The monoisotopic (exact) mass is 316 g/mol. The van der Waals surface area contributed by atoms with Gasteiger partial charge in [-0.05, 0) is 42.8 Å². The molecule has 5 nitrogen and oxygen atoms in total. The van der Waals surface area contributed by atoms with Crippen molar-refractivity contribution in [3.05, 3.63) is 47.0 Å². The molecule has 0 saturated heterocycles. The Kier molecular flexibility index (Phi) is 5.11. The zero-order valence-corrected chi connectivity index (χ0v) is 13.9. The fraction of sp³-hybridized carbons (Fsp3) is 0.278. The van der Waals surface area contributed by atoms with E-state index in [1.54, 1.807) is 37.4 Å². The number of benzene rings is 2. The summed E-state index contributed by atoms with van der Waals surface area (Å²) in [5.41, 5.74) is 1.92. The molecule has 23 heavy (non-hydrogen) atoms. The number of aryl methyl sites for hydroxylation is 1. The van der Waals surface area contributed by atoms with Gasteiger partial charge >= 0.3 is 0 Å². The van der Waals surface area contributed by atoms with Crippen molar-refractivity contribution in [2.45, 2.75) is 6.92 Å². The molecule has 0 unspecified atom stereocenters. The number of rotatable bonds is 6. The first-order valence-electron chi connectivity index (χ1n) is 7.05. The highest BCUT2D eigenvalue weighted by Crippen LogP contribution is 2.38. The number of carbonyl (C=O) groups is 1. The normalized spacial score (nSPS) is 10.1. The van der Waals surface area contributed by atoms with E-state index in [1.165, 1.54) is 21.3 Å². The Labute approximate surface area is 135 Å². The van der Waals surface area contributed by atoms with E-state index in [0.717, 1.165) is 11.3 Å². The fourth-order valence-electron chi connectivity index (χ4n) is 2.40. The van der Waals surface area contributed by atoms with Crippen molar-refractivity contribution in [3.8, 4) is 23.0 Å². The van der Waals surface area contributed by atoms with Crippen LogP contribution in [-0.2, 0) is 0 Å². The summed E-state index contributed by atoms with van der Waals surface area (Å²) in [6, 6.07) is 8.59. The number of hydrogen-bond donors (Lipinski definition) is 0. The van der Waals surface area contributed by atoms with Crippen molar-refractivity contribution in [1.29, 1.82) is 0 Å². The Morgan fingerprint density at radius 2 is 1.30 bits per heavy atom. The smallest absolute Gasteiger partial charge is 0.203 e. The molecule has 5 heteroatoms. The van der Waals surface area contributed by atoms with Gasteiger partial charge in [0, 0.05) is 11.1 Å². The van der Waals surface area contributed by atoms with Crippen LogP contribution in [0.5, 0.6) is 23.0 Å². The molecule has 0 spiro atoms. The van der Waals surface area contributed by atoms with E-state index in [2.05, 4.69) is 0 Å². The maximum absolute atomic E-state index is 12.7. The van der Waals surface area contributed by atoms with E-state index in [4.69, 9.17) is 18.9 Å². The first-order valence-corrected chi connectivity index (χ1v) is 7.05. The molecule has 0 aliphatic rings. The van der Waals surface area contributed by atoms with Crippen molar-refractivity contribution >= 4 is 5.78 Å². The molecule has 2 rings (SSSR count). The Morgan fingerprint density at radius 3 is 1.74 bits per heavy atom. The van der Waals surface area contributed by atoms with Crippen LogP contribution in [0.1, 0.15) is 21.5 Å². The molecule has 0 N–H and O–H groups in total. The van der Waals surface area contributed by atoms with Gasteiger partial charge in [-0.2, -0.15) is 0 Å². The lowest BCUT2D eigenvalue weighted by Gasteiger charge is -2.14. The van der Waals surface area contributed by atoms with Crippen molar-refractivity contribution < 1.29 is 23.7 Å². The standard InChI is InChI=1S/C18H20O5/c1-11-8-12(6-7-14(11)20-2)17(19)13-9-15(21-3)18(23-5)16(10-13)22-4/h6-10H,1-5H3. The van der Waals surface area contributed by atoms with Crippen LogP contribution in [0, 0.1) is 6.92 Å². The van der Waals surface area contributed by atoms with Crippen molar-refractivity contribution in [1.82, 2.24) is 0 Å². The highest BCUT2D eigenvalue weighted by molar-refractivity contribution is 6.09. The van der Waals surface area contributed by atoms with E-state index in [-0.39, 0.29) is 5.78 Å². The summed E-state index contributed by atoms with van der Waals surface area (Å²) in [5, 5.41) is 0. The van der Waals surface area contributed by atoms with Gasteiger partial charge in [-0.1, -0.05) is 0 Å². The van der Waals surface area contributed by atoms with Crippen molar-refractivity contribution in [2.75, 3.05) is 28.4 Å². The lowest BCUT2D eigenvalue weighted by Crippen LogP contribution is -2.04. The Balaban J connectivity index is 2.49. The van der Waals surface area contributed by atoms with Gasteiger partial charge in [0.05, 0.1) is 28.4 Å². The van der Waals surface area contributed by atoms with Gasteiger partial charge in [0.2, 0.25) is 5.75 Å². The molecular weight excluding hydrogens is 296 g/mol. The van der Waals surface area contributed by atoms with E-state index < -0.39 is 0 Å². The molecule has 0 saturated carbocycles. The van der Waals surface area contributed by atoms with Gasteiger partial charge in [0.15, 0.2) is 17.3 Å². The van der Waals surface area contributed by atoms with Gasteiger partial charge in [-0.3, -0.25) is 4.79 Å². The SMILES string of the molecule is COc1ccc(C(=O)c2cc(OC)c(OC)c(OC)c2)cc1C. The minimum absolute atomic E-state index is 0.130. The molecule has 0 aliphatic carbocycles. The number of hydrogen-bond acceptors (Lipinski definition) is 5. The maximum atomic E-state index is 12.7. The third-order valence-corrected chi connectivity index (χ3v) is 3.58. The number of ketones is 1. The average Bonchev–Trinajstić information content (AvgIpc) is 2.59. The second-order valence-electron chi connectivity index (χ2n) is 4.93. The molecule has 0 amide bonds. The Bertz CT molecular complexity index is 696. The van der Waals surface area contributed by atoms with Crippen molar-refractivity contribution in [2.24, 2.45) is 0 Å². The van der Waals surface area contributed by atoms with Crippen LogP contribution in [0.15, 0.2) is 30.3 Å². The zero-order chi connectivity index (χ0) is 17.0. The van der Waals surface area contributed by atoms with E-state index in [1.807, 2.05) is 6.92 Å². The minimum Gasteiger partial charge on any atom is -0.496 e. The molecule has 0 bridgehead atoms. The summed E-state index contributed by atoms with van der Waals surface area (Å²) < 4.78 is 21.1. The van der Waals surface area contributed by atoms with Crippen LogP contribution in [0.3, 0.4) is 0 Å². The van der Waals surface area contributed by atoms with Crippen LogP contribution >= 0.6 is 0 Å². The molecular formula is C18H20O5. The van der Waals surface area contributed by atoms with E-state index >= 15 is 0 Å². The summed E-state index contributed by atoms with van der Waals surface area (Å²) in [5.74, 6) is 1.96. The molecule has 122 valence electrons. The van der Waals surface area contributed by atoms with Crippen LogP contribution in [0.4, 0.5) is 0 Å². The Morgan fingerprint density at radius 1 is 0.739 bits per heavy atom. The van der Waals surface area contributed by atoms with Gasteiger partial charge in [0.1, 0.15) is 5.75 Å². The molecule has 0 aromatic heterocycles. The molecule has 0 radical (unpaired) electrons. The largest absolute Gasteiger partial charge is 0.496 e. The number of methoxy groups -OCH3 is 4. The topological polar surface area (TPSA) is 54.0 Å². The van der Waals surface area contributed by atoms with Crippen LogP contribution in [0.25, 0.3) is 0 Å². The second-order valence-corrected chi connectivity index (χ2v) is 4.93. The quantitative estimate of drug-likeness (QED) is 0.766. The molecule has 2 aromatic carbocycles. The highest BCUT2D eigenvalue weighted by atomic mass is 16.5. The molecule has 0 aliphatic heterocycles. The fourth-order valence-corrected chi connectivity index (χ4v) is 2.40. The summed E-state index contributed by atoms with van der Waals surface area (Å²) in [6.07, 6.45) is 0. The summed E-state index contributed by atoms with van der Waals surface area (Å²) in [6.45, 7) is 1.89. The van der Waals surface area contributed by atoms with Crippen LogP contribution in [0.2, 0.25) is 0 Å². The predicted octanol–water partition coefficient (Wildman–Crippen LogP) is 3.26. The third kappa shape index (κ3) is 3.23. The third-order valence-electron chi connectivity index (χ3n) is 3.58. The maximum Gasteiger partial charge on any atom is 0.203 e. The molecule has 0 atom stereocenters. The highest BCUT2D eigenvalue weighted by Gasteiger charge is 2.18. The predicted molar refractivity (Wildman–Crippen MR) is 87.3 cm³/mol. The summed E-state index contributed by atoms with van der Waals surface area (Å²) in [7, 11) is 6.16. The summed E-state index contributed by atoms with van der Waals surface area (Å²) >= 11 is 0. The second kappa shape index (κ2) is 7.05. The summed E-state index contributed by atoms with van der Waals surface area (Å²) in [4.78, 5) is 12.7. The van der Waals surface area contributed by atoms with Crippen molar-refractivity contribution in [3.63, 3.8) is 0 Å². The first kappa shape index (κ1) is 16.7. The Hall–Kier alpha value is -2.69. The zero-order valence-electron chi connectivity index (χ0n) is 13.9. The minimum atomic E-state index is -0.130. The number of carbonyl (C=O) groups excluding carboxylic acids is 1. The van der Waals surface area contributed by atoms with Gasteiger partial charge < -0.3 is 18.9 Å². The lowest BCUT2D eigenvalue weighted by atomic mass is 10.0. The first-order chi connectivity index (χ1) is 11.0. The van der Waals surface area contributed by atoms with Crippen LogP contribution < -0.4 is 18.9 Å². The van der Waals surface area contributed by atoms with Gasteiger partial charge in [0.25, 0.3) is 0 Å². The van der Waals surface area contributed by atoms with Crippen LogP contribution in [-0.4, -0.2) is 34.2 Å². The number of ether oxygens (including phenoxy) is 4. The van der Waals surface area contributed by atoms with Gasteiger partial charge in [-0.25, -0.2) is 0 Å². The molecule has 0 heterocycles.